The Morgan fingerprint density at radius 1 is 0.318 bits per heavy atom. The highest BCUT2D eigenvalue weighted by Gasteiger charge is 2.52. The summed E-state index contributed by atoms with van der Waals surface area (Å²) in [5, 5.41) is 2.22. The lowest BCUT2D eigenvalue weighted by atomic mass is 9.66. The fraction of sp³-hybridized carbons (Fsp3) is 0.0323. The minimum Gasteiger partial charge on any atom is -0.457 e. The van der Waals surface area contributed by atoms with E-state index in [4.69, 9.17) is 9.15 Å². The number of para-hydroxylation sites is 3. The summed E-state index contributed by atoms with van der Waals surface area (Å²) >= 11 is 1.88. The molecule has 0 radical (unpaired) electrons. The molecule has 0 fully saturated rings. The van der Waals surface area contributed by atoms with Gasteiger partial charge >= 0.3 is 0 Å². The van der Waals surface area contributed by atoms with E-state index in [2.05, 4.69) is 223 Å². The van der Waals surface area contributed by atoms with Gasteiger partial charge in [-0.3, -0.25) is 0 Å². The number of benzene rings is 10. The topological polar surface area (TPSA) is 25.6 Å². The molecule has 0 saturated carbocycles. The van der Waals surface area contributed by atoms with Gasteiger partial charge in [-0.1, -0.05) is 163 Å². The lowest BCUT2D eigenvalue weighted by molar-refractivity contribution is 0.436. The number of hydrogen-bond acceptors (Lipinski definition) is 4. The molecule has 3 nitrogen and oxygen atoms in total. The van der Waals surface area contributed by atoms with Crippen LogP contribution in [0.15, 0.2) is 239 Å². The average Bonchev–Trinajstić information content (AvgIpc) is 3.99. The van der Waals surface area contributed by atoms with Crippen LogP contribution in [-0.2, 0) is 10.8 Å². The van der Waals surface area contributed by atoms with Gasteiger partial charge in [0, 0.05) is 54.8 Å². The molecule has 0 bridgehead atoms. The van der Waals surface area contributed by atoms with E-state index in [9.17, 15) is 0 Å². The first-order valence-electron chi connectivity index (χ1n) is 22.7. The van der Waals surface area contributed by atoms with Crippen LogP contribution in [0.25, 0.3) is 44.2 Å². The van der Waals surface area contributed by atoms with Crippen LogP contribution in [-0.4, -0.2) is 0 Å². The maximum absolute atomic E-state index is 6.73. The van der Waals surface area contributed by atoms with E-state index in [0.29, 0.717) is 0 Å². The summed E-state index contributed by atoms with van der Waals surface area (Å²) in [6.07, 6.45) is 0. The van der Waals surface area contributed by atoms with Crippen LogP contribution in [0.5, 0.6) is 11.5 Å². The Kier molecular flexibility index (Phi) is 7.29. The van der Waals surface area contributed by atoms with Crippen molar-refractivity contribution in [2.24, 2.45) is 0 Å². The number of rotatable bonds is 3. The molecule has 0 N–H and O–H groups in total. The van der Waals surface area contributed by atoms with Gasteiger partial charge < -0.3 is 14.1 Å². The molecule has 2 aliphatic heterocycles. The van der Waals surface area contributed by atoms with Crippen LogP contribution in [0.4, 0.5) is 17.1 Å². The van der Waals surface area contributed by atoms with Crippen molar-refractivity contribution in [2.45, 2.75) is 20.6 Å². The number of ether oxygens (including phenoxy) is 1. The Labute approximate surface area is 386 Å². The number of hydrogen-bond donors (Lipinski definition) is 0. The molecule has 11 aromatic rings. The lowest BCUT2D eigenvalue weighted by Crippen LogP contribution is -2.32. The van der Waals surface area contributed by atoms with Gasteiger partial charge in [0.1, 0.15) is 22.7 Å². The maximum Gasteiger partial charge on any atom is 0.137 e. The SMILES string of the molecule is c1ccc2c(c1)Oc1ccccc1C21c2ccccc2-c2ccc(N(c3ccc4c(c3)C3(c5ccccc5Sc5ccccc53)c3ccccc3-4)c3ccc4c(c3)oc3ccccc34)cc21. The first kappa shape index (κ1) is 36.3. The van der Waals surface area contributed by atoms with Crippen molar-refractivity contribution in [1.29, 1.82) is 0 Å². The van der Waals surface area contributed by atoms with Crippen molar-refractivity contribution in [1.82, 2.24) is 0 Å². The van der Waals surface area contributed by atoms with E-state index in [0.717, 1.165) is 61.6 Å². The molecular weight excluding hydrogens is 823 g/mol. The molecule has 3 heterocycles. The highest BCUT2D eigenvalue weighted by molar-refractivity contribution is 7.99. The number of fused-ring (bicyclic) bond motifs is 21. The third-order valence-electron chi connectivity index (χ3n) is 14.8. The number of nitrogens with zero attached hydrogens (tertiary/aromatic N) is 1. The summed E-state index contributed by atoms with van der Waals surface area (Å²) in [5.74, 6) is 1.76. The predicted octanol–water partition coefficient (Wildman–Crippen LogP) is 16.4. The summed E-state index contributed by atoms with van der Waals surface area (Å²) in [7, 11) is 0. The average molecular weight is 860 g/mol. The minimum absolute atomic E-state index is 0.520. The molecule has 0 atom stereocenters. The standard InChI is InChI=1S/C62H37NO2S/c1-4-18-47-41(15-1)43-32-29-38(35-53(43)61(47)49-20-6-11-25-56(49)65-57-26-12-7-21-50(57)61)63(40-31-34-46-45-17-3-10-24-55(45)64-58(46)37-40)39-30-33-44-42-16-2-5-19-48(42)62(54(44)36-39)51-22-8-13-27-59(51)66-60-28-14-9-23-52(60)62/h1-37H. The van der Waals surface area contributed by atoms with Crippen LogP contribution < -0.4 is 9.64 Å². The summed E-state index contributed by atoms with van der Waals surface area (Å²) < 4.78 is 13.4. The molecule has 0 amide bonds. The molecule has 2 spiro atoms. The van der Waals surface area contributed by atoms with Crippen LogP contribution in [0.3, 0.4) is 0 Å². The third kappa shape index (κ3) is 4.59. The van der Waals surface area contributed by atoms with Gasteiger partial charge in [0.15, 0.2) is 0 Å². The monoisotopic (exact) mass is 859 g/mol. The highest BCUT2D eigenvalue weighted by atomic mass is 32.2. The molecule has 4 aliphatic rings. The van der Waals surface area contributed by atoms with E-state index in [-0.39, 0.29) is 0 Å². The van der Waals surface area contributed by atoms with Gasteiger partial charge in [-0.2, -0.15) is 0 Å². The van der Waals surface area contributed by atoms with Crippen molar-refractivity contribution in [3.63, 3.8) is 0 Å². The van der Waals surface area contributed by atoms with Gasteiger partial charge in [-0.25, -0.2) is 0 Å². The molecule has 15 rings (SSSR count). The number of anilines is 3. The second-order valence-electron chi connectivity index (χ2n) is 17.9. The first-order valence-corrected chi connectivity index (χ1v) is 23.5. The van der Waals surface area contributed by atoms with E-state index in [1.165, 1.54) is 65.4 Å². The van der Waals surface area contributed by atoms with Gasteiger partial charge in [0.2, 0.25) is 0 Å². The second kappa shape index (κ2) is 13.3. The molecular formula is C62H37NO2S. The molecule has 0 saturated heterocycles. The maximum atomic E-state index is 6.73. The molecule has 308 valence electrons. The quantitative estimate of drug-likeness (QED) is 0.177. The summed E-state index contributed by atoms with van der Waals surface area (Å²) in [5.41, 5.74) is 18.8. The van der Waals surface area contributed by atoms with Crippen LogP contribution in [0.2, 0.25) is 0 Å². The zero-order chi connectivity index (χ0) is 43.1. The number of furan rings is 1. The molecule has 4 heteroatoms. The van der Waals surface area contributed by atoms with E-state index in [1.807, 2.05) is 17.8 Å². The van der Waals surface area contributed by atoms with Crippen molar-refractivity contribution in [3.8, 4) is 33.8 Å². The fourth-order valence-corrected chi connectivity index (χ4v) is 13.5. The lowest BCUT2D eigenvalue weighted by Gasteiger charge is -2.40. The Morgan fingerprint density at radius 2 is 0.742 bits per heavy atom. The van der Waals surface area contributed by atoms with Crippen molar-refractivity contribution in [3.05, 3.63) is 269 Å². The van der Waals surface area contributed by atoms with Gasteiger partial charge in [0.25, 0.3) is 0 Å². The van der Waals surface area contributed by atoms with Crippen molar-refractivity contribution < 1.29 is 9.15 Å². The van der Waals surface area contributed by atoms with E-state index in [1.54, 1.807) is 0 Å². The highest BCUT2D eigenvalue weighted by Crippen LogP contribution is 2.65. The third-order valence-corrected chi connectivity index (χ3v) is 15.9. The molecule has 2 aliphatic carbocycles. The zero-order valence-electron chi connectivity index (χ0n) is 35.5. The molecule has 1 aromatic heterocycles. The molecule has 10 aromatic carbocycles. The summed E-state index contributed by atoms with van der Waals surface area (Å²) in [4.78, 5) is 5.03. The van der Waals surface area contributed by atoms with Crippen molar-refractivity contribution in [2.75, 3.05) is 4.90 Å². The van der Waals surface area contributed by atoms with Gasteiger partial charge in [0.05, 0.1) is 10.8 Å². The summed E-state index contributed by atoms with van der Waals surface area (Å²) in [6.45, 7) is 0. The predicted molar refractivity (Wildman–Crippen MR) is 267 cm³/mol. The Morgan fingerprint density at radius 3 is 1.35 bits per heavy atom. The smallest absolute Gasteiger partial charge is 0.137 e. The van der Waals surface area contributed by atoms with E-state index < -0.39 is 10.8 Å². The summed E-state index contributed by atoms with van der Waals surface area (Å²) in [6, 6.07) is 82.6. The molecule has 0 unspecified atom stereocenters. The fourth-order valence-electron chi connectivity index (χ4n) is 12.3. The van der Waals surface area contributed by atoms with Crippen molar-refractivity contribution >= 4 is 50.8 Å². The Hall–Kier alpha value is -8.05. The van der Waals surface area contributed by atoms with Gasteiger partial charge in [-0.15, -0.1) is 0 Å². The van der Waals surface area contributed by atoms with Crippen LogP contribution >= 0.6 is 11.8 Å². The Balaban J connectivity index is 1.02. The normalized spacial score (nSPS) is 14.7. The van der Waals surface area contributed by atoms with Crippen LogP contribution in [0, 0.1) is 0 Å². The van der Waals surface area contributed by atoms with Gasteiger partial charge in [-0.05, 0) is 122 Å². The minimum atomic E-state index is -0.613. The zero-order valence-corrected chi connectivity index (χ0v) is 36.4. The second-order valence-corrected chi connectivity index (χ2v) is 18.9. The van der Waals surface area contributed by atoms with Crippen LogP contribution in [0.1, 0.15) is 44.5 Å². The molecule has 66 heavy (non-hydrogen) atoms. The Bertz CT molecular complexity index is 3590. The first-order chi connectivity index (χ1) is 32.7. The largest absolute Gasteiger partial charge is 0.457 e. The van der Waals surface area contributed by atoms with E-state index >= 15 is 0 Å².